The number of methoxy groups -OCH3 is 1. The zero-order chi connectivity index (χ0) is 23.6. The van der Waals surface area contributed by atoms with Gasteiger partial charge in [0.15, 0.2) is 11.6 Å². The van der Waals surface area contributed by atoms with Crippen molar-refractivity contribution in [1.82, 2.24) is 19.5 Å². The standard InChI is InChI=1S/C23H28N6O3S/c1-16-7-8-24-22(13-16)25-21-5-6-23(27-26-21)28-9-11-29(12-10-28)33(30,31)20-15-17(2)19(32-4)14-18(20)3/h5-8,13-15H,9-12H2,1-4H3,(H,24,25,26). The Morgan fingerprint density at radius 2 is 1.67 bits per heavy atom. The SMILES string of the molecule is COc1cc(C)c(S(=O)(=O)N2CCN(c3ccc(Nc4cc(C)ccn4)nn3)CC2)cc1C. The minimum atomic E-state index is -3.59. The molecule has 0 radical (unpaired) electrons. The highest BCUT2D eigenvalue weighted by atomic mass is 32.2. The molecule has 3 aromatic rings. The van der Waals surface area contributed by atoms with Gasteiger partial charge in [-0.1, -0.05) is 0 Å². The van der Waals surface area contributed by atoms with Gasteiger partial charge in [-0.15, -0.1) is 10.2 Å². The molecule has 10 heteroatoms. The molecular formula is C23H28N6O3S. The molecule has 9 nitrogen and oxygen atoms in total. The summed E-state index contributed by atoms with van der Waals surface area (Å²) in [6, 6.07) is 11.1. The molecular weight excluding hydrogens is 440 g/mol. The minimum absolute atomic E-state index is 0.328. The maximum Gasteiger partial charge on any atom is 0.243 e. The molecule has 1 N–H and O–H groups in total. The van der Waals surface area contributed by atoms with Crippen molar-refractivity contribution in [2.45, 2.75) is 25.7 Å². The number of aromatic nitrogens is 3. The summed E-state index contributed by atoms with van der Waals surface area (Å²) in [4.78, 5) is 6.64. The molecule has 1 aliphatic rings. The Morgan fingerprint density at radius 3 is 2.30 bits per heavy atom. The summed E-state index contributed by atoms with van der Waals surface area (Å²) in [5.41, 5.74) is 2.58. The fourth-order valence-electron chi connectivity index (χ4n) is 3.85. The molecule has 0 amide bonds. The van der Waals surface area contributed by atoms with Gasteiger partial charge in [-0.2, -0.15) is 4.31 Å². The first-order chi connectivity index (χ1) is 15.8. The second-order valence-electron chi connectivity index (χ2n) is 8.10. The van der Waals surface area contributed by atoms with Gasteiger partial charge in [0.1, 0.15) is 11.6 Å². The van der Waals surface area contributed by atoms with E-state index in [1.807, 2.05) is 43.0 Å². The molecule has 1 aliphatic heterocycles. The zero-order valence-corrected chi connectivity index (χ0v) is 20.1. The van der Waals surface area contributed by atoms with Crippen LogP contribution in [0.5, 0.6) is 5.75 Å². The number of benzene rings is 1. The highest BCUT2D eigenvalue weighted by molar-refractivity contribution is 7.89. The van der Waals surface area contributed by atoms with Crippen LogP contribution in [0.25, 0.3) is 0 Å². The molecule has 0 bridgehead atoms. The first kappa shape index (κ1) is 22.9. The normalized spacial score (nSPS) is 14.8. The average molecular weight is 469 g/mol. The summed E-state index contributed by atoms with van der Waals surface area (Å²) >= 11 is 0. The van der Waals surface area contributed by atoms with Crippen molar-refractivity contribution in [3.8, 4) is 5.75 Å². The van der Waals surface area contributed by atoms with E-state index in [2.05, 4.69) is 20.5 Å². The first-order valence-corrected chi connectivity index (χ1v) is 12.2. The van der Waals surface area contributed by atoms with Crippen LogP contribution >= 0.6 is 0 Å². The molecule has 0 saturated carbocycles. The lowest BCUT2D eigenvalue weighted by Crippen LogP contribution is -2.49. The molecule has 0 unspecified atom stereocenters. The summed E-state index contributed by atoms with van der Waals surface area (Å²) in [6.45, 7) is 7.47. The van der Waals surface area contributed by atoms with Crippen LogP contribution in [0.15, 0.2) is 47.5 Å². The van der Waals surface area contributed by atoms with E-state index in [9.17, 15) is 8.42 Å². The van der Waals surface area contributed by atoms with Gasteiger partial charge in [0.05, 0.1) is 12.0 Å². The Morgan fingerprint density at radius 1 is 0.909 bits per heavy atom. The van der Waals surface area contributed by atoms with Gasteiger partial charge in [0.25, 0.3) is 0 Å². The Balaban J connectivity index is 1.42. The molecule has 1 saturated heterocycles. The topological polar surface area (TPSA) is 101 Å². The third kappa shape index (κ3) is 4.91. The van der Waals surface area contributed by atoms with Gasteiger partial charge in [0, 0.05) is 32.4 Å². The Bertz CT molecular complexity index is 1240. The van der Waals surface area contributed by atoms with Crippen molar-refractivity contribution in [2.75, 3.05) is 43.5 Å². The average Bonchev–Trinajstić information content (AvgIpc) is 2.81. The number of aryl methyl sites for hydroxylation is 3. The van der Waals surface area contributed by atoms with E-state index < -0.39 is 10.0 Å². The monoisotopic (exact) mass is 468 g/mol. The van der Waals surface area contributed by atoms with Crippen molar-refractivity contribution in [3.63, 3.8) is 0 Å². The second kappa shape index (κ2) is 9.32. The van der Waals surface area contributed by atoms with Crippen LogP contribution in [0, 0.1) is 20.8 Å². The number of nitrogens with zero attached hydrogens (tertiary/aromatic N) is 5. The number of sulfonamides is 1. The summed E-state index contributed by atoms with van der Waals surface area (Å²) < 4.78 is 33.4. The molecule has 1 aromatic carbocycles. The number of rotatable bonds is 6. The second-order valence-corrected chi connectivity index (χ2v) is 10.0. The lowest BCUT2D eigenvalue weighted by molar-refractivity contribution is 0.382. The number of nitrogens with one attached hydrogen (secondary N) is 1. The van der Waals surface area contributed by atoms with Gasteiger partial charge in [-0.05, 0) is 73.9 Å². The predicted octanol–water partition coefficient (Wildman–Crippen LogP) is 3.06. The highest BCUT2D eigenvalue weighted by Gasteiger charge is 2.30. The van der Waals surface area contributed by atoms with Crippen LogP contribution in [0.1, 0.15) is 16.7 Å². The number of ether oxygens (including phenoxy) is 1. The third-order valence-corrected chi connectivity index (χ3v) is 7.74. The van der Waals surface area contributed by atoms with Gasteiger partial charge < -0.3 is 15.0 Å². The van der Waals surface area contributed by atoms with Crippen molar-refractivity contribution in [1.29, 1.82) is 0 Å². The number of hydrogen-bond acceptors (Lipinski definition) is 8. The molecule has 4 rings (SSSR count). The summed E-state index contributed by atoms with van der Waals surface area (Å²) in [7, 11) is -2.01. The van der Waals surface area contributed by atoms with Crippen molar-refractivity contribution in [2.24, 2.45) is 0 Å². The van der Waals surface area contributed by atoms with Crippen molar-refractivity contribution in [3.05, 3.63) is 59.3 Å². The number of hydrogen-bond donors (Lipinski definition) is 1. The maximum absolute atomic E-state index is 13.3. The third-order valence-electron chi connectivity index (χ3n) is 5.69. The van der Waals surface area contributed by atoms with E-state index in [0.717, 1.165) is 11.1 Å². The fraction of sp³-hybridized carbons (Fsp3) is 0.348. The lowest BCUT2D eigenvalue weighted by Gasteiger charge is -2.34. The molecule has 0 aliphatic carbocycles. The molecule has 2 aromatic heterocycles. The largest absolute Gasteiger partial charge is 0.496 e. The number of piperazine rings is 1. The van der Waals surface area contributed by atoms with E-state index in [1.54, 1.807) is 32.4 Å². The molecule has 174 valence electrons. The highest BCUT2D eigenvalue weighted by Crippen LogP contribution is 2.28. The summed E-state index contributed by atoms with van der Waals surface area (Å²) in [5.74, 6) is 2.71. The Hall–Kier alpha value is -3.24. The van der Waals surface area contributed by atoms with E-state index in [1.165, 1.54) is 4.31 Å². The summed E-state index contributed by atoms with van der Waals surface area (Å²) in [6.07, 6.45) is 1.74. The van der Waals surface area contributed by atoms with Crippen LogP contribution in [0.4, 0.5) is 17.5 Å². The van der Waals surface area contributed by atoms with E-state index in [0.29, 0.717) is 59.8 Å². The van der Waals surface area contributed by atoms with Gasteiger partial charge in [-0.25, -0.2) is 13.4 Å². The quantitative estimate of drug-likeness (QED) is 0.589. The van der Waals surface area contributed by atoms with Crippen LogP contribution in [-0.2, 0) is 10.0 Å². The predicted molar refractivity (Wildman–Crippen MR) is 128 cm³/mol. The van der Waals surface area contributed by atoms with Crippen LogP contribution < -0.4 is 15.0 Å². The van der Waals surface area contributed by atoms with E-state index >= 15 is 0 Å². The molecule has 1 fully saturated rings. The number of pyridine rings is 1. The van der Waals surface area contributed by atoms with E-state index in [-0.39, 0.29) is 0 Å². The van der Waals surface area contributed by atoms with E-state index in [4.69, 9.17) is 4.74 Å². The molecule has 33 heavy (non-hydrogen) atoms. The molecule has 0 atom stereocenters. The zero-order valence-electron chi connectivity index (χ0n) is 19.2. The van der Waals surface area contributed by atoms with Crippen LogP contribution in [0.2, 0.25) is 0 Å². The fourth-order valence-corrected chi connectivity index (χ4v) is 5.57. The van der Waals surface area contributed by atoms with Gasteiger partial charge >= 0.3 is 0 Å². The minimum Gasteiger partial charge on any atom is -0.496 e. The maximum atomic E-state index is 13.3. The lowest BCUT2D eigenvalue weighted by atomic mass is 10.1. The van der Waals surface area contributed by atoms with Crippen molar-refractivity contribution >= 4 is 27.5 Å². The summed E-state index contributed by atoms with van der Waals surface area (Å²) in [5, 5.41) is 11.7. The first-order valence-electron chi connectivity index (χ1n) is 10.7. The van der Waals surface area contributed by atoms with Crippen LogP contribution in [0.3, 0.4) is 0 Å². The van der Waals surface area contributed by atoms with Crippen molar-refractivity contribution < 1.29 is 13.2 Å². The number of anilines is 3. The van der Waals surface area contributed by atoms with Gasteiger partial charge in [0.2, 0.25) is 10.0 Å². The van der Waals surface area contributed by atoms with Crippen LogP contribution in [-0.4, -0.2) is 61.2 Å². The molecule has 0 spiro atoms. The smallest absolute Gasteiger partial charge is 0.243 e. The Kier molecular flexibility index (Phi) is 6.48. The van der Waals surface area contributed by atoms with Gasteiger partial charge in [-0.3, -0.25) is 0 Å². The Labute approximate surface area is 194 Å². The molecule has 3 heterocycles.